The van der Waals surface area contributed by atoms with E-state index in [9.17, 15) is 4.79 Å². The van der Waals surface area contributed by atoms with Crippen molar-refractivity contribution in [2.45, 2.75) is 16.9 Å². The van der Waals surface area contributed by atoms with Crippen molar-refractivity contribution in [1.29, 1.82) is 0 Å². The van der Waals surface area contributed by atoms with Crippen molar-refractivity contribution in [2.75, 3.05) is 18.0 Å². The summed E-state index contributed by atoms with van der Waals surface area (Å²) in [6.45, 7) is 2.34. The molecule has 15 heavy (non-hydrogen) atoms. The van der Waals surface area contributed by atoms with Gasteiger partial charge in [0.15, 0.2) is 0 Å². The largest absolute Gasteiger partial charge is 0.369 e. The minimum atomic E-state index is 0.760. The first-order valence-corrected chi connectivity index (χ1v) is 6.25. The Kier molecular flexibility index (Phi) is 2.20. The summed E-state index contributed by atoms with van der Waals surface area (Å²) in [5.41, 5.74) is 2.02. The molecule has 78 valence electrons. The summed E-state index contributed by atoms with van der Waals surface area (Å²) < 4.78 is 0. The summed E-state index contributed by atoms with van der Waals surface area (Å²) in [4.78, 5) is 13.0. The molecule has 0 radical (unpaired) electrons. The molecule has 0 spiro atoms. The van der Waals surface area contributed by atoms with Crippen molar-refractivity contribution in [3.8, 4) is 0 Å². The van der Waals surface area contributed by atoms with Crippen LogP contribution in [0.5, 0.6) is 0 Å². The number of nitrogens with zero attached hydrogens (tertiary/aromatic N) is 1. The molecule has 3 saturated heterocycles. The molecule has 0 saturated carbocycles. The van der Waals surface area contributed by atoms with E-state index in [4.69, 9.17) is 0 Å². The van der Waals surface area contributed by atoms with Gasteiger partial charge in [-0.25, -0.2) is 0 Å². The van der Waals surface area contributed by atoms with Crippen molar-refractivity contribution in [3.05, 3.63) is 29.8 Å². The van der Waals surface area contributed by atoms with E-state index in [2.05, 4.69) is 28.8 Å². The molecule has 2 nitrogen and oxygen atoms in total. The summed E-state index contributed by atoms with van der Waals surface area (Å²) in [6, 6.07) is 7.91. The molecule has 3 fully saturated rings. The molecule has 2 unspecified atom stereocenters. The minimum Gasteiger partial charge on any atom is -0.369 e. The molecule has 0 aromatic heterocycles. The molecule has 2 atom stereocenters. The monoisotopic (exact) mass is 219 g/mol. The molecule has 3 aliphatic heterocycles. The smallest absolute Gasteiger partial charge is 0.150 e. The van der Waals surface area contributed by atoms with Gasteiger partial charge in [0.2, 0.25) is 0 Å². The van der Waals surface area contributed by atoms with Crippen LogP contribution in [0.4, 0.5) is 5.69 Å². The third kappa shape index (κ3) is 1.65. The van der Waals surface area contributed by atoms with Crippen LogP contribution in [0.25, 0.3) is 0 Å². The lowest BCUT2D eigenvalue weighted by Gasteiger charge is -2.47. The Balaban J connectivity index is 1.77. The first-order valence-electron chi connectivity index (χ1n) is 5.31. The van der Waals surface area contributed by atoms with Gasteiger partial charge in [-0.2, -0.15) is 11.8 Å². The molecule has 0 amide bonds. The van der Waals surface area contributed by atoms with Gasteiger partial charge in [-0.05, 0) is 30.7 Å². The Morgan fingerprint density at radius 1 is 1.20 bits per heavy atom. The van der Waals surface area contributed by atoms with E-state index in [1.165, 1.54) is 25.2 Å². The molecule has 3 heteroatoms. The molecule has 3 aliphatic rings. The van der Waals surface area contributed by atoms with E-state index in [1.807, 2.05) is 12.1 Å². The fraction of sp³-hybridized carbons (Fsp3) is 0.417. The van der Waals surface area contributed by atoms with Crippen molar-refractivity contribution >= 4 is 23.7 Å². The number of hydrogen-bond acceptors (Lipinski definition) is 3. The Bertz CT molecular complexity index is 360. The van der Waals surface area contributed by atoms with Crippen LogP contribution >= 0.6 is 11.8 Å². The Morgan fingerprint density at radius 3 is 2.33 bits per heavy atom. The number of rotatable bonds is 2. The maximum Gasteiger partial charge on any atom is 0.150 e. The standard InChI is InChI=1S/C12H13NOS/c14-8-9-1-3-10(4-2-9)13-6-11-5-12(7-13)15-11/h1-4,8,11-12H,5-7H2. The average Bonchev–Trinajstić information content (AvgIpc) is 2.28. The van der Waals surface area contributed by atoms with Gasteiger partial charge in [-0.1, -0.05) is 0 Å². The molecule has 1 aromatic rings. The highest BCUT2D eigenvalue weighted by Crippen LogP contribution is 2.42. The van der Waals surface area contributed by atoms with Crippen LogP contribution in [-0.2, 0) is 0 Å². The number of aldehydes is 1. The van der Waals surface area contributed by atoms with E-state index in [0.717, 1.165) is 22.3 Å². The Labute approximate surface area is 93.7 Å². The number of benzene rings is 1. The van der Waals surface area contributed by atoms with Gasteiger partial charge in [0.25, 0.3) is 0 Å². The zero-order valence-electron chi connectivity index (χ0n) is 8.43. The third-order valence-corrected chi connectivity index (χ3v) is 4.61. The summed E-state index contributed by atoms with van der Waals surface area (Å²) in [7, 11) is 0. The highest BCUT2D eigenvalue weighted by atomic mass is 32.2. The van der Waals surface area contributed by atoms with Crippen LogP contribution < -0.4 is 4.90 Å². The summed E-state index contributed by atoms with van der Waals surface area (Å²) >= 11 is 2.12. The molecule has 3 heterocycles. The quantitative estimate of drug-likeness (QED) is 0.711. The van der Waals surface area contributed by atoms with E-state index in [1.54, 1.807) is 0 Å². The molecule has 1 aromatic carbocycles. The van der Waals surface area contributed by atoms with E-state index >= 15 is 0 Å². The molecule has 0 N–H and O–H groups in total. The second kappa shape index (κ2) is 3.56. The predicted molar refractivity (Wildman–Crippen MR) is 63.8 cm³/mol. The summed E-state index contributed by atoms with van der Waals surface area (Å²) in [5.74, 6) is 0. The highest BCUT2D eigenvalue weighted by Gasteiger charge is 2.37. The van der Waals surface area contributed by atoms with Crippen LogP contribution in [-0.4, -0.2) is 29.9 Å². The van der Waals surface area contributed by atoms with Gasteiger partial charge >= 0.3 is 0 Å². The SMILES string of the molecule is O=Cc1ccc(N2CC3CC(C2)S3)cc1. The van der Waals surface area contributed by atoms with Crippen LogP contribution in [0.2, 0.25) is 0 Å². The van der Waals surface area contributed by atoms with Crippen molar-refractivity contribution in [3.63, 3.8) is 0 Å². The van der Waals surface area contributed by atoms with Gasteiger partial charge in [-0.15, -0.1) is 0 Å². The number of carbonyl (C=O) groups excluding carboxylic acids is 1. The first-order chi connectivity index (χ1) is 7.35. The van der Waals surface area contributed by atoms with E-state index in [-0.39, 0.29) is 0 Å². The molecule has 0 aliphatic carbocycles. The fourth-order valence-electron chi connectivity index (χ4n) is 2.33. The number of piperidine rings is 1. The molecule has 4 rings (SSSR count). The predicted octanol–water partition coefficient (Wildman–Crippen LogP) is 2.19. The van der Waals surface area contributed by atoms with Crippen LogP contribution in [0, 0.1) is 0 Å². The maximum atomic E-state index is 10.5. The normalized spacial score (nSPS) is 28.4. The van der Waals surface area contributed by atoms with Crippen LogP contribution in [0.3, 0.4) is 0 Å². The lowest BCUT2D eigenvalue weighted by atomic mass is 10.1. The fourth-order valence-corrected chi connectivity index (χ4v) is 3.73. The van der Waals surface area contributed by atoms with Gasteiger partial charge < -0.3 is 4.90 Å². The highest BCUT2D eigenvalue weighted by molar-refractivity contribution is 8.02. The summed E-state index contributed by atoms with van der Waals surface area (Å²) in [6.07, 6.45) is 2.29. The lowest BCUT2D eigenvalue weighted by molar-refractivity contribution is 0.112. The van der Waals surface area contributed by atoms with Crippen molar-refractivity contribution in [1.82, 2.24) is 0 Å². The van der Waals surface area contributed by atoms with Gasteiger partial charge in [0.1, 0.15) is 6.29 Å². The van der Waals surface area contributed by atoms with E-state index < -0.39 is 0 Å². The molecular weight excluding hydrogens is 206 g/mol. The lowest BCUT2D eigenvalue weighted by Crippen LogP contribution is -2.51. The summed E-state index contributed by atoms with van der Waals surface area (Å²) in [5, 5.41) is 1.68. The van der Waals surface area contributed by atoms with Crippen molar-refractivity contribution < 1.29 is 4.79 Å². The Hall–Kier alpha value is -0.960. The third-order valence-electron chi connectivity index (χ3n) is 3.15. The van der Waals surface area contributed by atoms with Gasteiger partial charge in [-0.3, -0.25) is 4.79 Å². The van der Waals surface area contributed by atoms with Crippen molar-refractivity contribution in [2.24, 2.45) is 0 Å². The maximum absolute atomic E-state index is 10.5. The minimum absolute atomic E-state index is 0.760. The Morgan fingerprint density at radius 2 is 1.80 bits per heavy atom. The van der Waals surface area contributed by atoms with Crippen LogP contribution in [0.15, 0.2) is 24.3 Å². The number of anilines is 1. The second-order valence-corrected chi connectivity index (χ2v) is 5.84. The number of fused-ring (bicyclic) bond motifs is 2. The van der Waals surface area contributed by atoms with Crippen LogP contribution in [0.1, 0.15) is 16.8 Å². The number of carbonyl (C=O) groups is 1. The second-order valence-electron chi connectivity index (χ2n) is 4.23. The topological polar surface area (TPSA) is 20.3 Å². The zero-order chi connectivity index (χ0) is 10.3. The first kappa shape index (κ1) is 9.28. The zero-order valence-corrected chi connectivity index (χ0v) is 9.24. The van der Waals surface area contributed by atoms with E-state index in [0.29, 0.717) is 0 Å². The molecular formula is C12H13NOS. The van der Waals surface area contributed by atoms with Gasteiger partial charge in [0.05, 0.1) is 0 Å². The average molecular weight is 219 g/mol. The number of hydrogen-bond donors (Lipinski definition) is 0. The van der Waals surface area contributed by atoms with Gasteiger partial charge in [0, 0.05) is 34.8 Å². The molecule has 2 bridgehead atoms. The number of thioether (sulfide) groups is 1.